The van der Waals surface area contributed by atoms with Crippen LogP contribution in [0.2, 0.25) is 0 Å². The molecule has 1 saturated carbocycles. The van der Waals surface area contributed by atoms with Crippen molar-refractivity contribution in [2.45, 2.75) is 56.2 Å². The molecular formula is C21H29N5O3. The third-order valence-electron chi connectivity index (χ3n) is 6.29. The average Bonchev–Trinajstić information content (AvgIpc) is 3.33. The number of anilines is 1. The van der Waals surface area contributed by atoms with E-state index in [1.807, 2.05) is 19.4 Å². The molecule has 0 radical (unpaired) electrons. The molecule has 0 spiro atoms. The van der Waals surface area contributed by atoms with E-state index in [1.54, 1.807) is 4.68 Å². The van der Waals surface area contributed by atoms with Gasteiger partial charge >= 0.3 is 0 Å². The molecule has 1 N–H and O–H groups in total. The second-order valence-electron chi connectivity index (χ2n) is 8.13. The third kappa shape index (κ3) is 4.70. The maximum atomic E-state index is 11.0. The summed E-state index contributed by atoms with van der Waals surface area (Å²) in [7, 11) is 1.88. The van der Waals surface area contributed by atoms with Crippen LogP contribution in [0.1, 0.15) is 43.6 Å². The molecule has 29 heavy (non-hydrogen) atoms. The maximum Gasteiger partial charge on any atom is 0.157 e. The second kappa shape index (κ2) is 8.82. The van der Waals surface area contributed by atoms with Crippen LogP contribution < -0.4 is 10.3 Å². The van der Waals surface area contributed by atoms with Gasteiger partial charge in [-0.25, -0.2) is 10.1 Å². The first-order valence-electron chi connectivity index (χ1n) is 10.4. The summed E-state index contributed by atoms with van der Waals surface area (Å²) in [6.45, 7) is 1.24. The number of nitro groups is 1. The molecule has 2 heterocycles. The normalized spacial score (nSPS) is 27.1. The van der Waals surface area contributed by atoms with Crippen LogP contribution in [0.3, 0.4) is 0 Å². The first kappa shape index (κ1) is 19.7. The van der Waals surface area contributed by atoms with E-state index in [0.29, 0.717) is 18.9 Å². The Morgan fingerprint density at radius 2 is 1.97 bits per heavy atom. The van der Waals surface area contributed by atoms with Gasteiger partial charge in [0, 0.05) is 19.8 Å². The lowest BCUT2D eigenvalue weighted by molar-refractivity contribution is -0.551. The number of aryl methyl sites for hydroxylation is 1. The molecule has 8 heteroatoms. The van der Waals surface area contributed by atoms with E-state index in [4.69, 9.17) is 4.74 Å². The minimum atomic E-state index is -0.435. The van der Waals surface area contributed by atoms with E-state index < -0.39 is 5.03 Å². The van der Waals surface area contributed by atoms with E-state index in [0.717, 1.165) is 37.9 Å². The molecule has 1 saturated heterocycles. The number of hydrogen-bond donors (Lipinski definition) is 1. The molecule has 2 aromatic rings. The second-order valence-corrected chi connectivity index (χ2v) is 8.13. The fourth-order valence-electron chi connectivity index (χ4n) is 4.75. The summed E-state index contributed by atoms with van der Waals surface area (Å²) in [5, 5.41) is 14.9. The van der Waals surface area contributed by atoms with E-state index in [2.05, 4.69) is 45.8 Å². The number of aromatic nitrogens is 2. The predicted molar refractivity (Wildman–Crippen MR) is 110 cm³/mol. The molecule has 2 aliphatic rings. The van der Waals surface area contributed by atoms with Crippen LogP contribution in [-0.4, -0.2) is 46.2 Å². The topological polar surface area (TPSA) is 85.5 Å². The van der Waals surface area contributed by atoms with E-state index >= 15 is 0 Å². The highest BCUT2D eigenvalue weighted by Gasteiger charge is 2.38. The Kier molecular flexibility index (Phi) is 5.99. The molecule has 2 fully saturated rings. The van der Waals surface area contributed by atoms with Gasteiger partial charge in [-0.05, 0) is 43.6 Å². The van der Waals surface area contributed by atoms with Crippen molar-refractivity contribution in [2.75, 3.05) is 18.1 Å². The molecule has 1 aromatic carbocycles. The van der Waals surface area contributed by atoms with E-state index in [1.165, 1.54) is 5.56 Å². The highest BCUT2D eigenvalue weighted by Crippen LogP contribution is 2.34. The van der Waals surface area contributed by atoms with Gasteiger partial charge in [0.2, 0.25) is 0 Å². The number of hydrazine groups is 1. The Balaban J connectivity index is 1.35. The van der Waals surface area contributed by atoms with Crippen LogP contribution in [0.4, 0.5) is 5.69 Å². The molecule has 1 aliphatic carbocycles. The van der Waals surface area contributed by atoms with Crippen LogP contribution in [0, 0.1) is 10.1 Å². The van der Waals surface area contributed by atoms with E-state index in [9.17, 15) is 10.1 Å². The van der Waals surface area contributed by atoms with Gasteiger partial charge in [0.25, 0.3) is 0 Å². The summed E-state index contributed by atoms with van der Waals surface area (Å²) in [5.41, 5.74) is 4.89. The minimum Gasteiger partial charge on any atom is -0.376 e. The Morgan fingerprint density at radius 3 is 2.62 bits per heavy atom. The highest BCUT2D eigenvalue weighted by atomic mass is 16.7. The fraction of sp³-hybridized carbons (Fsp3) is 0.571. The third-order valence-corrected chi connectivity index (χ3v) is 6.29. The average molecular weight is 399 g/mol. The first-order valence-corrected chi connectivity index (χ1v) is 10.4. The molecule has 1 aromatic heterocycles. The smallest absolute Gasteiger partial charge is 0.157 e. The quantitative estimate of drug-likeness (QED) is 0.569. The van der Waals surface area contributed by atoms with Crippen LogP contribution in [0.25, 0.3) is 0 Å². The van der Waals surface area contributed by atoms with Gasteiger partial charge in [-0.2, -0.15) is 5.10 Å². The van der Waals surface area contributed by atoms with E-state index in [-0.39, 0.29) is 18.2 Å². The lowest BCUT2D eigenvalue weighted by atomic mass is 9.83. The summed E-state index contributed by atoms with van der Waals surface area (Å²) < 4.78 is 8.05. The first-order chi connectivity index (χ1) is 14.1. The zero-order valence-corrected chi connectivity index (χ0v) is 16.8. The molecule has 156 valence electrons. The van der Waals surface area contributed by atoms with Gasteiger partial charge < -0.3 is 9.64 Å². The van der Waals surface area contributed by atoms with Gasteiger partial charge in [-0.15, -0.1) is 5.43 Å². The van der Waals surface area contributed by atoms with Crippen molar-refractivity contribution in [3.05, 3.63) is 58.4 Å². The number of nitrogens with one attached hydrogen (secondary N) is 1. The number of ether oxygens (including phenoxy) is 1. The largest absolute Gasteiger partial charge is 0.376 e. The highest BCUT2D eigenvalue weighted by molar-refractivity contribution is 5.45. The maximum absolute atomic E-state index is 11.0. The van der Waals surface area contributed by atoms with Crippen molar-refractivity contribution >= 4 is 5.69 Å². The van der Waals surface area contributed by atoms with Crippen molar-refractivity contribution in [3.8, 4) is 0 Å². The Morgan fingerprint density at radius 1 is 1.21 bits per heavy atom. The number of hydrogen-bond acceptors (Lipinski definition) is 5. The summed E-state index contributed by atoms with van der Waals surface area (Å²) in [5.74, 6) is 0.610. The van der Waals surface area contributed by atoms with Crippen LogP contribution in [0.15, 0.2) is 42.7 Å². The molecule has 0 bridgehead atoms. The van der Waals surface area contributed by atoms with Gasteiger partial charge in [0.15, 0.2) is 5.03 Å². The number of nitrogens with zero attached hydrogens (tertiary/aromatic N) is 4. The van der Waals surface area contributed by atoms with Crippen LogP contribution in [0.5, 0.6) is 0 Å². The molecule has 2 atom stereocenters. The zero-order chi connectivity index (χ0) is 20.2. The van der Waals surface area contributed by atoms with Crippen molar-refractivity contribution in [1.82, 2.24) is 15.2 Å². The Labute approximate surface area is 171 Å². The monoisotopic (exact) mass is 399 g/mol. The van der Waals surface area contributed by atoms with Crippen molar-refractivity contribution in [1.29, 1.82) is 0 Å². The summed E-state index contributed by atoms with van der Waals surface area (Å²) in [4.78, 5) is 13.2. The molecule has 1 aliphatic heterocycles. The molecule has 2 unspecified atom stereocenters. The Bertz CT molecular complexity index is 804. The number of rotatable bonds is 7. The standard InChI is InChI=1S/C21H29N5O3/c1-24-14-18(13-22-24)25-12-11-20(23-26(27)28)21(25)15-29-19-9-7-17(8-10-19)16-5-3-2-4-6-16/h2-6,13-14,17,19-21,23H,7-12,15H2,1H3. The molecular weight excluding hydrogens is 370 g/mol. The number of benzene rings is 1. The van der Waals surface area contributed by atoms with Crippen LogP contribution in [-0.2, 0) is 11.8 Å². The van der Waals surface area contributed by atoms with Crippen molar-refractivity contribution in [3.63, 3.8) is 0 Å². The molecule has 0 amide bonds. The van der Waals surface area contributed by atoms with Gasteiger partial charge in [-0.1, -0.05) is 30.3 Å². The fourth-order valence-corrected chi connectivity index (χ4v) is 4.75. The summed E-state index contributed by atoms with van der Waals surface area (Å²) in [6.07, 6.45) is 9.02. The lowest BCUT2D eigenvalue weighted by Gasteiger charge is -2.32. The van der Waals surface area contributed by atoms with Gasteiger partial charge in [-0.3, -0.25) is 4.68 Å². The summed E-state index contributed by atoms with van der Waals surface area (Å²) >= 11 is 0. The lowest BCUT2D eigenvalue weighted by Crippen LogP contribution is -2.48. The Hall–Kier alpha value is -2.61. The molecule has 8 nitrogen and oxygen atoms in total. The minimum absolute atomic E-state index is 0.0727. The zero-order valence-electron chi connectivity index (χ0n) is 16.8. The predicted octanol–water partition coefficient (Wildman–Crippen LogP) is 2.89. The van der Waals surface area contributed by atoms with Gasteiger partial charge in [0.05, 0.1) is 30.6 Å². The summed E-state index contributed by atoms with van der Waals surface area (Å²) in [6, 6.07) is 10.4. The SMILES string of the molecule is Cn1cc(N2CCC(N[N+](=O)[O-])C2COC2CCC(c3ccccc3)CC2)cn1. The van der Waals surface area contributed by atoms with Gasteiger partial charge in [0.1, 0.15) is 6.04 Å². The van der Waals surface area contributed by atoms with Crippen LogP contribution >= 0.6 is 0 Å². The van der Waals surface area contributed by atoms with Crippen molar-refractivity contribution < 1.29 is 9.77 Å². The molecule has 4 rings (SSSR count). The van der Waals surface area contributed by atoms with Crippen molar-refractivity contribution in [2.24, 2.45) is 7.05 Å².